The molecule has 10 nitrogen and oxygen atoms in total. The number of carbonyl (C=O) groups is 3. The van der Waals surface area contributed by atoms with Crippen LogP contribution in [0.15, 0.2) is 17.5 Å². The lowest BCUT2D eigenvalue weighted by Gasteiger charge is -2.42. The molecule has 2 aromatic rings. The Kier molecular flexibility index (Phi) is 8.54. The molecule has 2 aromatic heterocycles. The highest BCUT2D eigenvalue weighted by Crippen LogP contribution is 2.38. The van der Waals surface area contributed by atoms with E-state index >= 15 is 0 Å². The van der Waals surface area contributed by atoms with E-state index in [1.54, 1.807) is 20.8 Å². The molecule has 0 saturated heterocycles. The van der Waals surface area contributed by atoms with Crippen molar-refractivity contribution < 1.29 is 23.9 Å². The van der Waals surface area contributed by atoms with Crippen LogP contribution >= 0.6 is 22.7 Å². The maximum Gasteiger partial charge on any atom is 0.412 e. The Labute approximate surface area is 207 Å². The van der Waals surface area contributed by atoms with Crippen LogP contribution < -0.4 is 21.7 Å². The van der Waals surface area contributed by atoms with Gasteiger partial charge in [0.15, 0.2) is 5.13 Å². The van der Waals surface area contributed by atoms with E-state index in [1.165, 1.54) is 29.6 Å². The van der Waals surface area contributed by atoms with E-state index in [9.17, 15) is 14.4 Å². The van der Waals surface area contributed by atoms with Crippen molar-refractivity contribution in [3.8, 4) is 0 Å². The average Bonchev–Trinajstić information content (AvgIpc) is 3.25. The molecule has 1 unspecified atom stereocenters. The van der Waals surface area contributed by atoms with Crippen molar-refractivity contribution in [2.45, 2.75) is 72.8 Å². The number of amides is 3. The Balaban J connectivity index is 2.18. The summed E-state index contributed by atoms with van der Waals surface area (Å²) in [6.07, 6.45) is -0.448. The van der Waals surface area contributed by atoms with E-state index in [-0.39, 0.29) is 5.91 Å². The minimum Gasteiger partial charge on any atom is -0.387 e. The van der Waals surface area contributed by atoms with Gasteiger partial charge in [0.2, 0.25) is 5.91 Å². The third-order valence-electron chi connectivity index (χ3n) is 4.36. The number of aryl methyl sites for hydroxylation is 2. The van der Waals surface area contributed by atoms with Crippen LogP contribution in [0.5, 0.6) is 0 Å². The van der Waals surface area contributed by atoms with E-state index in [0.717, 1.165) is 10.6 Å². The third kappa shape index (κ3) is 8.17. The minimum absolute atomic E-state index is 0.159. The lowest BCUT2D eigenvalue weighted by atomic mass is 9.90. The van der Waals surface area contributed by atoms with Gasteiger partial charge >= 0.3 is 18.1 Å². The summed E-state index contributed by atoms with van der Waals surface area (Å²) in [6.45, 7) is 12.1. The standard InChI is InChI=1S/C22H33N5O5S2/c1-13(28)24-18-25-14(12-33-18)8-9-15-10-11-16(34-15)26-22(20(2,3)4,31-17(23)29)32-19(30)27-21(5,6)7/h10-12,26H,8-9H2,1-7H3,(H2,23,29)(H,27,30)(H,24,25,28). The Hall–Kier alpha value is -2.86. The van der Waals surface area contributed by atoms with Crippen LogP contribution in [0.4, 0.5) is 19.7 Å². The van der Waals surface area contributed by atoms with Crippen molar-refractivity contribution in [1.82, 2.24) is 10.3 Å². The summed E-state index contributed by atoms with van der Waals surface area (Å²) in [5.74, 6) is -2.01. The number of carbonyl (C=O) groups excluding carboxylic acids is 3. The lowest BCUT2D eigenvalue weighted by Crippen LogP contribution is -2.59. The van der Waals surface area contributed by atoms with Crippen LogP contribution in [0.25, 0.3) is 0 Å². The quantitative estimate of drug-likeness (QED) is 0.377. The molecular weight excluding hydrogens is 478 g/mol. The molecule has 0 aliphatic carbocycles. The number of ether oxygens (including phenoxy) is 2. The molecule has 0 saturated carbocycles. The van der Waals surface area contributed by atoms with Crippen molar-refractivity contribution in [3.05, 3.63) is 28.1 Å². The molecule has 0 radical (unpaired) electrons. The molecule has 2 heterocycles. The van der Waals surface area contributed by atoms with Crippen molar-refractivity contribution in [2.75, 3.05) is 10.6 Å². The van der Waals surface area contributed by atoms with E-state index in [1.807, 2.05) is 38.3 Å². The van der Waals surface area contributed by atoms with Crippen molar-refractivity contribution in [2.24, 2.45) is 11.1 Å². The van der Waals surface area contributed by atoms with Gasteiger partial charge in [0.05, 0.1) is 16.1 Å². The van der Waals surface area contributed by atoms with Gasteiger partial charge in [-0.25, -0.2) is 14.6 Å². The van der Waals surface area contributed by atoms with Crippen LogP contribution in [0, 0.1) is 5.41 Å². The van der Waals surface area contributed by atoms with Crippen LogP contribution in [-0.2, 0) is 27.1 Å². The molecule has 0 spiro atoms. The van der Waals surface area contributed by atoms with E-state index in [0.29, 0.717) is 23.0 Å². The number of thiophene rings is 1. The predicted octanol–water partition coefficient (Wildman–Crippen LogP) is 4.68. The molecule has 0 aliphatic rings. The van der Waals surface area contributed by atoms with Crippen LogP contribution in [0.1, 0.15) is 59.0 Å². The van der Waals surface area contributed by atoms with Crippen LogP contribution in [0.3, 0.4) is 0 Å². The number of hydrogen-bond acceptors (Lipinski definition) is 9. The molecule has 12 heteroatoms. The Morgan fingerprint density at radius 2 is 1.74 bits per heavy atom. The summed E-state index contributed by atoms with van der Waals surface area (Å²) in [6, 6.07) is 3.75. The van der Waals surface area contributed by atoms with Crippen LogP contribution in [0.2, 0.25) is 0 Å². The maximum absolute atomic E-state index is 12.6. The fourth-order valence-electron chi connectivity index (χ4n) is 2.79. The Bertz CT molecular complexity index is 1020. The maximum atomic E-state index is 12.6. The topological polar surface area (TPSA) is 145 Å². The first-order valence-corrected chi connectivity index (χ1v) is 12.4. The summed E-state index contributed by atoms with van der Waals surface area (Å²) in [5.41, 5.74) is 4.79. The zero-order valence-electron chi connectivity index (χ0n) is 20.5. The largest absolute Gasteiger partial charge is 0.412 e. The summed E-state index contributed by atoms with van der Waals surface area (Å²) in [7, 11) is 0. The lowest BCUT2D eigenvalue weighted by molar-refractivity contribution is -0.201. The molecule has 2 rings (SSSR count). The number of nitrogens with two attached hydrogens (primary N) is 1. The number of primary amides is 1. The summed E-state index contributed by atoms with van der Waals surface area (Å²) < 4.78 is 11.0. The molecule has 0 bridgehead atoms. The highest BCUT2D eigenvalue weighted by molar-refractivity contribution is 7.16. The number of thiazole rings is 1. The van der Waals surface area contributed by atoms with Gasteiger partial charge in [-0.3, -0.25) is 4.79 Å². The van der Waals surface area contributed by atoms with E-state index < -0.39 is 29.1 Å². The summed E-state index contributed by atoms with van der Waals surface area (Å²) in [4.78, 5) is 41.0. The second kappa shape index (κ2) is 10.6. The van der Waals surface area contributed by atoms with Crippen molar-refractivity contribution >= 4 is 50.9 Å². The van der Waals surface area contributed by atoms with Gasteiger partial charge in [-0.2, -0.15) is 0 Å². The number of anilines is 2. The highest BCUT2D eigenvalue weighted by atomic mass is 32.1. The zero-order valence-corrected chi connectivity index (χ0v) is 22.2. The fraction of sp³-hybridized carbons (Fsp3) is 0.545. The molecule has 1 atom stereocenters. The molecule has 0 fully saturated rings. The number of alkyl carbamates (subject to hydrolysis) is 1. The summed E-state index contributed by atoms with van der Waals surface area (Å²) >= 11 is 2.81. The van der Waals surface area contributed by atoms with Crippen LogP contribution in [-0.4, -0.2) is 34.5 Å². The normalized spacial score (nSPS) is 13.5. The highest BCUT2D eigenvalue weighted by Gasteiger charge is 2.51. The molecular formula is C22H33N5O5S2. The monoisotopic (exact) mass is 511 g/mol. The summed E-state index contributed by atoms with van der Waals surface area (Å²) in [5, 5.41) is 11.6. The van der Waals surface area contributed by atoms with Gasteiger partial charge in [0, 0.05) is 22.7 Å². The molecule has 5 N–H and O–H groups in total. The fourth-order valence-corrected chi connectivity index (χ4v) is 4.53. The van der Waals surface area contributed by atoms with Gasteiger partial charge in [0.25, 0.3) is 0 Å². The number of hydrogen-bond donors (Lipinski definition) is 4. The second-order valence-corrected chi connectivity index (χ2v) is 11.8. The minimum atomic E-state index is -1.85. The molecule has 188 valence electrons. The van der Waals surface area contributed by atoms with Gasteiger partial charge in [0.1, 0.15) is 0 Å². The first kappa shape index (κ1) is 27.4. The molecule has 0 aliphatic heterocycles. The van der Waals surface area contributed by atoms with Gasteiger partial charge < -0.3 is 31.2 Å². The van der Waals surface area contributed by atoms with E-state index in [2.05, 4.69) is 20.9 Å². The van der Waals surface area contributed by atoms with Gasteiger partial charge in [-0.1, -0.05) is 20.8 Å². The predicted molar refractivity (Wildman–Crippen MR) is 134 cm³/mol. The van der Waals surface area contributed by atoms with Gasteiger partial charge in [-0.05, 0) is 45.7 Å². The smallest absolute Gasteiger partial charge is 0.387 e. The number of nitrogens with zero attached hydrogens (tertiary/aromatic N) is 1. The number of rotatable bonds is 8. The second-order valence-electron chi connectivity index (χ2n) is 9.77. The molecule has 3 amide bonds. The van der Waals surface area contributed by atoms with Gasteiger partial charge in [-0.15, -0.1) is 22.7 Å². The zero-order chi connectivity index (χ0) is 25.7. The Morgan fingerprint density at radius 1 is 1.06 bits per heavy atom. The van der Waals surface area contributed by atoms with E-state index in [4.69, 9.17) is 15.2 Å². The molecule has 34 heavy (non-hydrogen) atoms. The van der Waals surface area contributed by atoms with Crippen molar-refractivity contribution in [3.63, 3.8) is 0 Å². The Morgan fingerprint density at radius 3 is 2.29 bits per heavy atom. The third-order valence-corrected chi connectivity index (χ3v) is 6.22. The SMILES string of the molecule is CC(=O)Nc1nc(CCc2ccc(NC(OC(N)=O)(OC(=O)NC(C)(C)C)C(C)(C)C)s2)cs1. The first-order chi connectivity index (χ1) is 15.6. The first-order valence-electron chi connectivity index (χ1n) is 10.7. The number of nitrogens with one attached hydrogen (secondary N) is 3. The van der Waals surface area contributed by atoms with Crippen molar-refractivity contribution in [1.29, 1.82) is 0 Å². The number of aromatic nitrogens is 1. The molecule has 0 aromatic carbocycles. The average molecular weight is 512 g/mol.